The number of nitrogens with zero attached hydrogens (tertiary/aromatic N) is 2. The summed E-state index contributed by atoms with van der Waals surface area (Å²) in [7, 11) is 1.62. The highest BCUT2D eigenvalue weighted by atomic mass is 16.5. The Labute approximate surface area is 106 Å². The Bertz CT molecular complexity index is 489. The van der Waals surface area contributed by atoms with E-state index in [1.807, 2.05) is 30.3 Å². The average Bonchev–Trinajstić information content (AvgIpc) is 2.46. The lowest BCUT2D eigenvalue weighted by Crippen LogP contribution is -2.30. The topological polar surface area (TPSA) is 73.1 Å². The third-order valence-electron chi connectivity index (χ3n) is 2.69. The van der Waals surface area contributed by atoms with E-state index in [-0.39, 0.29) is 6.04 Å². The van der Waals surface area contributed by atoms with Crippen molar-refractivity contribution in [2.75, 3.05) is 7.11 Å². The van der Waals surface area contributed by atoms with Gasteiger partial charge in [-0.3, -0.25) is 21.2 Å². The van der Waals surface area contributed by atoms with Crippen LogP contribution < -0.4 is 16.0 Å². The fourth-order valence-corrected chi connectivity index (χ4v) is 1.80. The van der Waals surface area contributed by atoms with Gasteiger partial charge < -0.3 is 4.74 Å². The van der Waals surface area contributed by atoms with E-state index in [2.05, 4.69) is 15.4 Å². The lowest BCUT2D eigenvalue weighted by atomic mass is 10.1. The highest BCUT2D eigenvalue weighted by Crippen LogP contribution is 2.23. The molecular weight excluding hydrogens is 228 g/mol. The molecule has 94 valence electrons. The molecular formula is C13H16N4O. The molecule has 0 saturated carbocycles. The minimum atomic E-state index is -0.129. The number of methoxy groups -OCH3 is 1. The molecule has 2 rings (SSSR count). The predicted octanol–water partition coefficient (Wildman–Crippen LogP) is 1.23. The van der Waals surface area contributed by atoms with Gasteiger partial charge >= 0.3 is 0 Å². The molecule has 0 amide bonds. The monoisotopic (exact) mass is 244 g/mol. The van der Waals surface area contributed by atoms with Crippen molar-refractivity contribution in [3.05, 3.63) is 54.1 Å². The van der Waals surface area contributed by atoms with Crippen LogP contribution in [0.1, 0.15) is 17.4 Å². The fourth-order valence-electron chi connectivity index (χ4n) is 1.80. The zero-order chi connectivity index (χ0) is 12.8. The van der Waals surface area contributed by atoms with Gasteiger partial charge in [-0.2, -0.15) is 0 Å². The Morgan fingerprint density at radius 2 is 2.06 bits per heavy atom. The van der Waals surface area contributed by atoms with Crippen molar-refractivity contribution in [1.82, 2.24) is 15.4 Å². The van der Waals surface area contributed by atoms with Gasteiger partial charge in [-0.15, -0.1) is 0 Å². The summed E-state index contributed by atoms with van der Waals surface area (Å²) in [5.41, 5.74) is 4.50. The number of hydrazine groups is 1. The van der Waals surface area contributed by atoms with Gasteiger partial charge in [0.05, 0.1) is 13.2 Å². The predicted molar refractivity (Wildman–Crippen MR) is 68.8 cm³/mol. The molecule has 0 fully saturated rings. The fraction of sp³-hybridized carbons (Fsp3) is 0.231. The van der Waals surface area contributed by atoms with E-state index in [1.54, 1.807) is 19.5 Å². The number of ether oxygens (including phenoxy) is 1. The van der Waals surface area contributed by atoms with Crippen LogP contribution in [0.2, 0.25) is 0 Å². The second-order valence-electron chi connectivity index (χ2n) is 3.84. The summed E-state index contributed by atoms with van der Waals surface area (Å²) in [5, 5.41) is 0. The first-order valence-electron chi connectivity index (χ1n) is 5.70. The summed E-state index contributed by atoms with van der Waals surface area (Å²) >= 11 is 0. The Hall–Kier alpha value is -1.98. The molecule has 18 heavy (non-hydrogen) atoms. The SMILES string of the molecule is COc1cccnc1C(Cc1ccccn1)NN. The summed E-state index contributed by atoms with van der Waals surface area (Å²) in [6, 6.07) is 9.36. The maximum Gasteiger partial charge on any atom is 0.142 e. The van der Waals surface area contributed by atoms with Gasteiger partial charge in [0.25, 0.3) is 0 Å². The van der Waals surface area contributed by atoms with Gasteiger partial charge in [0, 0.05) is 24.5 Å². The van der Waals surface area contributed by atoms with Crippen LogP contribution in [-0.4, -0.2) is 17.1 Å². The van der Waals surface area contributed by atoms with Crippen LogP contribution in [0.5, 0.6) is 5.75 Å². The number of nitrogens with two attached hydrogens (primary N) is 1. The Morgan fingerprint density at radius 1 is 1.22 bits per heavy atom. The van der Waals surface area contributed by atoms with Crippen molar-refractivity contribution >= 4 is 0 Å². The van der Waals surface area contributed by atoms with Crippen LogP contribution in [0, 0.1) is 0 Å². The first-order chi connectivity index (χ1) is 8.85. The van der Waals surface area contributed by atoms with Crippen molar-refractivity contribution in [2.24, 2.45) is 5.84 Å². The Morgan fingerprint density at radius 3 is 2.72 bits per heavy atom. The van der Waals surface area contributed by atoms with E-state index in [4.69, 9.17) is 10.6 Å². The molecule has 0 bridgehead atoms. The molecule has 0 aliphatic rings. The van der Waals surface area contributed by atoms with E-state index in [0.717, 1.165) is 17.1 Å². The molecule has 0 aliphatic carbocycles. The Kier molecular flexibility index (Phi) is 4.22. The molecule has 0 aliphatic heterocycles. The largest absolute Gasteiger partial charge is 0.495 e. The Balaban J connectivity index is 2.23. The van der Waals surface area contributed by atoms with Gasteiger partial charge in [0.2, 0.25) is 0 Å². The molecule has 0 radical (unpaired) electrons. The van der Waals surface area contributed by atoms with Gasteiger partial charge in [-0.05, 0) is 24.3 Å². The van der Waals surface area contributed by atoms with Crippen molar-refractivity contribution in [2.45, 2.75) is 12.5 Å². The minimum absolute atomic E-state index is 0.129. The van der Waals surface area contributed by atoms with Crippen LogP contribution in [-0.2, 0) is 6.42 Å². The number of nitrogens with one attached hydrogen (secondary N) is 1. The molecule has 1 unspecified atom stereocenters. The first-order valence-corrected chi connectivity index (χ1v) is 5.70. The number of rotatable bonds is 5. The number of hydrogen-bond acceptors (Lipinski definition) is 5. The zero-order valence-electron chi connectivity index (χ0n) is 10.2. The number of pyridine rings is 2. The quantitative estimate of drug-likeness (QED) is 0.611. The van der Waals surface area contributed by atoms with Crippen molar-refractivity contribution < 1.29 is 4.74 Å². The lowest BCUT2D eigenvalue weighted by Gasteiger charge is -2.17. The molecule has 2 aromatic rings. The van der Waals surface area contributed by atoms with Crippen molar-refractivity contribution in [3.63, 3.8) is 0 Å². The molecule has 0 aromatic carbocycles. The smallest absolute Gasteiger partial charge is 0.142 e. The number of aromatic nitrogens is 2. The second kappa shape index (κ2) is 6.09. The zero-order valence-corrected chi connectivity index (χ0v) is 10.2. The third kappa shape index (κ3) is 2.82. The molecule has 5 heteroatoms. The number of hydrogen-bond donors (Lipinski definition) is 2. The molecule has 0 saturated heterocycles. The van der Waals surface area contributed by atoms with Crippen molar-refractivity contribution in [1.29, 1.82) is 0 Å². The van der Waals surface area contributed by atoms with Crippen LogP contribution in [0.15, 0.2) is 42.7 Å². The normalized spacial score (nSPS) is 12.1. The van der Waals surface area contributed by atoms with Crippen LogP contribution >= 0.6 is 0 Å². The molecule has 2 aromatic heterocycles. The summed E-state index contributed by atoms with van der Waals surface area (Å²) < 4.78 is 5.29. The lowest BCUT2D eigenvalue weighted by molar-refractivity contribution is 0.393. The van der Waals surface area contributed by atoms with Crippen LogP contribution in [0.25, 0.3) is 0 Å². The van der Waals surface area contributed by atoms with Gasteiger partial charge in [0.1, 0.15) is 11.4 Å². The van der Waals surface area contributed by atoms with E-state index in [1.165, 1.54) is 0 Å². The van der Waals surface area contributed by atoms with E-state index < -0.39 is 0 Å². The first kappa shape index (κ1) is 12.5. The van der Waals surface area contributed by atoms with Crippen molar-refractivity contribution in [3.8, 4) is 5.75 Å². The van der Waals surface area contributed by atoms with Crippen LogP contribution in [0.4, 0.5) is 0 Å². The molecule has 2 heterocycles. The van der Waals surface area contributed by atoms with Gasteiger partial charge in [-0.1, -0.05) is 6.07 Å². The minimum Gasteiger partial charge on any atom is -0.495 e. The highest BCUT2D eigenvalue weighted by molar-refractivity contribution is 5.30. The van der Waals surface area contributed by atoms with E-state index >= 15 is 0 Å². The highest BCUT2D eigenvalue weighted by Gasteiger charge is 2.16. The molecule has 3 N–H and O–H groups in total. The third-order valence-corrected chi connectivity index (χ3v) is 2.69. The average molecular weight is 244 g/mol. The van der Waals surface area contributed by atoms with E-state index in [9.17, 15) is 0 Å². The maximum absolute atomic E-state index is 5.60. The molecule has 5 nitrogen and oxygen atoms in total. The maximum atomic E-state index is 5.60. The van der Waals surface area contributed by atoms with Gasteiger partial charge in [-0.25, -0.2) is 0 Å². The summed E-state index contributed by atoms with van der Waals surface area (Å²) in [4.78, 5) is 8.60. The summed E-state index contributed by atoms with van der Waals surface area (Å²) in [6.07, 6.45) is 4.14. The standard InChI is InChI=1S/C13H16N4O/c1-18-12-6-4-8-16-13(12)11(17-14)9-10-5-2-3-7-15-10/h2-8,11,17H,9,14H2,1H3. The van der Waals surface area contributed by atoms with Gasteiger partial charge in [0.15, 0.2) is 0 Å². The van der Waals surface area contributed by atoms with Crippen LogP contribution in [0.3, 0.4) is 0 Å². The summed E-state index contributed by atoms with van der Waals surface area (Å²) in [5.74, 6) is 6.32. The summed E-state index contributed by atoms with van der Waals surface area (Å²) in [6.45, 7) is 0. The molecule has 1 atom stereocenters. The second-order valence-corrected chi connectivity index (χ2v) is 3.84. The molecule has 0 spiro atoms. The van der Waals surface area contributed by atoms with E-state index in [0.29, 0.717) is 6.42 Å².